The van der Waals surface area contributed by atoms with Crippen molar-refractivity contribution in [2.24, 2.45) is 5.73 Å². The molecule has 0 amide bonds. The molecule has 96 valence electrons. The van der Waals surface area contributed by atoms with Crippen molar-refractivity contribution in [3.63, 3.8) is 0 Å². The lowest BCUT2D eigenvalue weighted by atomic mass is 10.2. The summed E-state index contributed by atoms with van der Waals surface area (Å²) in [6.45, 7) is 2.20. The van der Waals surface area contributed by atoms with Crippen molar-refractivity contribution in [3.05, 3.63) is 35.4 Å². The number of benzene rings is 1. The van der Waals surface area contributed by atoms with Crippen molar-refractivity contribution >= 4 is 0 Å². The first-order valence-corrected chi connectivity index (χ1v) is 5.95. The lowest BCUT2D eigenvalue weighted by molar-refractivity contribution is 0.316. The van der Waals surface area contributed by atoms with Crippen LogP contribution in [0.3, 0.4) is 0 Å². The Kier molecular flexibility index (Phi) is 6.08. The maximum Gasteiger partial charge on any atom is 0.126 e. The Labute approximate surface area is 101 Å². The summed E-state index contributed by atoms with van der Waals surface area (Å²) in [5.41, 5.74) is 6.08. The van der Waals surface area contributed by atoms with Gasteiger partial charge in [0.25, 0.3) is 0 Å². The van der Waals surface area contributed by atoms with Gasteiger partial charge in [-0.3, -0.25) is 0 Å². The molecule has 0 fully saturated rings. The first-order valence-electron chi connectivity index (χ1n) is 5.95. The fourth-order valence-electron chi connectivity index (χ4n) is 1.80. The number of nitrogens with zero attached hydrogens (tertiary/aromatic N) is 1. The van der Waals surface area contributed by atoms with Crippen LogP contribution in [0.15, 0.2) is 18.2 Å². The topological polar surface area (TPSA) is 29.3 Å². The molecular weight excluding hydrogens is 222 g/mol. The first-order chi connectivity index (χ1) is 8.11. The Hall–Kier alpha value is -1.00. The van der Waals surface area contributed by atoms with Crippen LogP contribution in [0.4, 0.5) is 8.78 Å². The van der Waals surface area contributed by atoms with Crippen molar-refractivity contribution < 1.29 is 8.78 Å². The molecule has 2 nitrogen and oxygen atoms in total. The summed E-state index contributed by atoms with van der Waals surface area (Å²) >= 11 is 0. The molecule has 0 heterocycles. The van der Waals surface area contributed by atoms with E-state index < -0.39 is 11.6 Å². The van der Waals surface area contributed by atoms with Crippen LogP contribution < -0.4 is 5.73 Å². The summed E-state index contributed by atoms with van der Waals surface area (Å²) in [6.07, 6.45) is 3.19. The van der Waals surface area contributed by atoms with Gasteiger partial charge in [-0.25, -0.2) is 8.78 Å². The van der Waals surface area contributed by atoms with Crippen LogP contribution in [0.5, 0.6) is 0 Å². The molecule has 1 aromatic carbocycles. The zero-order chi connectivity index (χ0) is 12.7. The van der Waals surface area contributed by atoms with Crippen LogP contribution in [0.1, 0.15) is 24.8 Å². The van der Waals surface area contributed by atoms with Gasteiger partial charge in [-0.1, -0.05) is 6.42 Å². The van der Waals surface area contributed by atoms with E-state index in [0.29, 0.717) is 12.1 Å². The molecule has 17 heavy (non-hydrogen) atoms. The van der Waals surface area contributed by atoms with E-state index in [1.807, 2.05) is 7.05 Å². The molecule has 0 saturated carbocycles. The predicted molar refractivity (Wildman–Crippen MR) is 65.6 cm³/mol. The molecule has 0 aliphatic carbocycles. The smallest absolute Gasteiger partial charge is 0.126 e. The molecule has 2 N–H and O–H groups in total. The van der Waals surface area contributed by atoms with Gasteiger partial charge in [0.15, 0.2) is 0 Å². The van der Waals surface area contributed by atoms with Crippen LogP contribution in [-0.4, -0.2) is 25.0 Å². The van der Waals surface area contributed by atoms with Gasteiger partial charge in [0, 0.05) is 12.6 Å². The van der Waals surface area contributed by atoms with Crippen LogP contribution in [0.2, 0.25) is 0 Å². The van der Waals surface area contributed by atoms with Gasteiger partial charge in [0.1, 0.15) is 11.6 Å². The molecule has 0 spiro atoms. The molecule has 1 aromatic rings. The van der Waals surface area contributed by atoms with Crippen LogP contribution in [0.25, 0.3) is 0 Å². The van der Waals surface area contributed by atoms with E-state index in [2.05, 4.69) is 4.90 Å². The molecule has 0 aliphatic rings. The Balaban J connectivity index is 2.36. The molecule has 0 unspecified atom stereocenters. The third kappa shape index (κ3) is 5.75. The van der Waals surface area contributed by atoms with Gasteiger partial charge in [-0.15, -0.1) is 0 Å². The maximum atomic E-state index is 13.0. The molecule has 0 atom stereocenters. The average molecular weight is 242 g/mol. The summed E-state index contributed by atoms with van der Waals surface area (Å²) < 4.78 is 25.9. The van der Waals surface area contributed by atoms with Crippen molar-refractivity contribution in [2.45, 2.75) is 25.8 Å². The summed E-state index contributed by atoms with van der Waals surface area (Å²) in [5.74, 6) is -1.03. The minimum Gasteiger partial charge on any atom is -0.330 e. The normalized spacial score (nSPS) is 11.1. The molecule has 0 bridgehead atoms. The van der Waals surface area contributed by atoms with Crippen molar-refractivity contribution in [1.29, 1.82) is 0 Å². The Morgan fingerprint density at radius 3 is 2.29 bits per heavy atom. The van der Waals surface area contributed by atoms with E-state index in [1.54, 1.807) is 0 Å². The third-order valence-electron chi connectivity index (χ3n) is 2.62. The van der Waals surface area contributed by atoms with Gasteiger partial charge in [0.05, 0.1) is 0 Å². The van der Waals surface area contributed by atoms with Gasteiger partial charge >= 0.3 is 0 Å². The Morgan fingerprint density at radius 1 is 1.06 bits per heavy atom. The average Bonchev–Trinajstić information content (AvgIpc) is 2.23. The minimum atomic E-state index is -0.517. The molecule has 0 radical (unpaired) electrons. The summed E-state index contributed by atoms with van der Waals surface area (Å²) in [4.78, 5) is 2.06. The monoisotopic (exact) mass is 242 g/mol. The van der Waals surface area contributed by atoms with Crippen LogP contribution >= 0.6 is 0 Å². The second kappa shape index (κ2) is 7.35. The van der Waals surface area contributed by atoms with Crippen LogP contribution in [-0.2, 0) is 6.54 Å². The maximum absolute atomic E-state index is 13.0. The highest BCUT2D eigenvalue weighted by atomic mass is 19.1. The molecule has 0 aliphatic heterocycles. The largest absolute Gasteiger partial charge is 0.330 e. The third-order valence-corrected chi connectivity index (χ3v) is 2.62. The number of nitrogens with two attached hydrogens (primary N) is 1. The molecule has 0 aromatic heterocycles. The number of rotatable bonds is 7. The summed E-state index contributed by atoms with van der Waals surface area (Å²) in [6, 6.07) is 3.64. The lowest BCUT2D eigenvalue weighted by Gasteiger charge is -2.16. The van der Waals surface area contributed by atoms with Gasteiger partial charge in [0.2, 0.25) is 0 Å². The van der Waals surface area contributed by atoms with Gasteiger partial charge in [-0.2, -0.15) is 0 Å². The first kappa shape index (κ1) is 14.1. The quantitative estimate of drug-likeness (QED) is 0.744. The Bertz CT molecular complexity index is 322. The molecule has 1 rings (SSSR count). The molecule has 0 saturated heterocycles. The van der Waals surface area contributed by atoms with Crippen LogP contribution in [0, 0.1) is 11.6 Å². The fourth-order valence-corrected chi connectivity index (χ4v) is 1.80. The highest BCUT2D eigenvalue weighted by Crippen LogP contribution is 2.10. The zero-order valence-corrected chi connectivity index (χ0v) is 10.3. The highest BCUT2D eigenvalue weighted by Gasteiger charge is 2.04. The number of hydrogen-bond donors (Lipinski definition) is 1. The van der Waals surface area contributed by atoms with Gasteiger partial charge < -0.3 is 10.6 Å². The van der Waals surface area contributed by atoms with E-state index in [0.717, 1.165) is 38.4 Å². The van der Waals surface area contributed by atoms with E-state index >= 15 is 0 Å². The van der Waals surface area contributed by atoms with E-state index in [-0.39, 0.29) is 0 Å². The highest BCUT2D eigenvalue weighted by molar-refractivity contribution is 5.17. The predicted octanol–water partition coefficient (Wildman–Crippen LogP) is 2.53. The molecular formula is C13H20F2N2. The zero-order valence-electron chi connectivity index (χ0n) is 10.3. The van der Waals surface area contributed by atoms with Gasteiger partial charge in [-0.05, 0) is 50.7 Å². The SMILES string of the molecule is CN(CCCCCN)Cc1cc(F)cc(F)c1. The molecule has 4 heteroatoms. The van der Waals surface area contributed by atoms with Crippen molar-refractivity contribution in [1.82, 2.24) is 4.90 Å². The second-order valence-corrected chi connectivity index (χ2v) is 4.36. The lowest BCUT2D eigenvalue weighted by Crippen LogP contribution is -2.19. The standard InChI is InChI=1S/C13H20F2N2/c1-17(6-4-2-3-5-16)10-11-7-12(14)9-13(15)8-11/h7-9H,2-6,10,16H2,1H3. The summed E-state index contributed by atoms with van der Waals surface area (Å²) in [7, 11) is 1.95. The minimum absolute atomic E-state index is 0.517. The van der Waals surface area contributed by atoms with Crippen molar-refractivity contribution in [3.8, 4) is 0 Å². The second-order valence-electron chi connectivity index (χ2n) is 4.36. The fraction of sp³-hybridized carbons (Fsp3) is 0.538. The van der Waals surface area contributed by atoms with Crippen molar-refractivity contribution in [2.75, 3.05) is 20.1 Å². The Morgan fingerprint density at radius 2 is 1.71 bits per heavy atom. The van der Waals surface area contributed by atoms with E-state index in [4.69, 9.17) is 5.73 Å². The number of halogens is 2. The number of unbranched alkanes of at least 4 members (excludes halogenated alkanes) is 2. The van der Waals surface area contributed by atoms with E-state index in [1.165, 1.54) is 12.1 Å². The van der Waals surface area contributed by atoms with E-state index in [9.17, 15) is 8.78 Å². The summed E-state index contributed by atoms with van der Waals surface area (Å²) in [5, 5.41) is 0. The number of hydrogen-bond acceptors (Lipinski definition) is 2.